The Morgan fingerprint density at radius 3 is 1.35 bits per heavy atom. The Bertz CT molecular complexity index is 1330. The highest BCUT2D eigenvalue weighted by Crippen LogP contribution is 2.44. The van der Waals surface area contributed by atoms with Crippen LogP contribution in [0.15, 0.2) is 51.4 Å². The van der Waals surface area contributed by atoms with Crippen molar-refractivity contribution in [1.29, 1.82) is 0 Å². The fourth-order valence-electron chi connectivity index (χ4n) is 6.23. The highest BCUT2D eigenvalue weighted by atomic mass is 32.2. The monoisotopic (exact) mass is 590 g/mol. The number of hydrogen-bond donors (Lipinski definition) is 2. The molecule has 0 unspecified atom stereocenters. The molecule has 2 fully saturated rings. The van der Waals surface area contributed by atoms with Gasteiger partial charge in [0.05, 0.1) is 15.8 Å². The summed E-state index contributed by atoms with van der Waals surface area (Å²) in [6.07, 6.45) is 9.30. The molecule has 0 radical (unpaired) electrons. The maximum atomic E-state index is 13.6. The highest BCUT2D eigenvalue weighted by molar-refractivity contribution is 7.89. The Morgan fingerprint density at radius 2 is 1.00 bits per heavy atom. The normalized spacial score (nSPS) is 23.6. The maximum Gasteiger partial charge on any atom is 0.243 e. The third-order valence-electron chi connectivity index (χ3n) is 8.47. The first-order chi connectivity index (χ1) is 19.3. The SMILES string of the molecule is O=NC1c2cc(S(=O)(=O)N3CCCCCCC3)ccc2C(NO)c2ccc(S(=O)(=O)N3CCCCCCC3)cc21. The lowest BCUT2D eigenvalue weighted by Crippen LogP contribution is -2.34. The molecule has 2 heterocycles. The van der Waals surface area contributed by atoms with Crippen molar-refractivity contribution in [3.8, 4) is 0 Å². The first-order valence-electron chi connectivity index (χ1n) is 14.3. The van der Waals surface area contributed by atoms with Crippen LogP contribution in [0.25, 0.3) is 0 Å². The largest absolute Gasteiger partial charge is 0.316 e. The van der Waals surface area contributed by atoms with Crippen LogP contribution < -0.4 is 5.48 Å². The quantitative estimate of drug-likeness (QED) is 0.363. The zero-order chi connectivity index (χ0) is 28.3. The third-order valence-corrected chi connectivity index (χ3v) is 12.3. The second-order valence-corrected chi connectivity index (χ2v) is 14.9. The summed E-state index contributed by atoms with van der Waals surface area (Å²) < 4.78 is 57.4. The van der Waals surface area contributed by atoms with Crippen molar-refractivity contribution < 1.29 is 22.0 Å². The summed E-state index contributed by atoms with van der Waals surface area (Å²) in [5.74, 6) is 0. The first kappa shape index (κ1) is 29.3. The number of rotatable bonds is 6. The van der Waals surface area contributed by atoms with Gasteiger partial charge in [-0.2, -0.15) is 14.1 Å². The Morgan fingerprint density at radius 1 is 0.625 bits per heavy atom. The summed E-state index contributed by atoms with van der Waals surface area (Å²) >= 11 is 0. The molecular weight excluding hydrogens is 552 g/mol. The molecule has 12 heteroatoms. The van der Waals surface area contributed by atoms with Crippen LogP contribution in [-0.4, -0.2) is 56.8 Å². The molecule has 2 aromatic carbocycles. The molecule has 2 N–H and O–H groups in total. The van der Waals surface area contributed by atoms with Gasteiger partial charge in [0.1, 0.15) is 6.04 Å². The molecule has 218 valence electrons. The number of benzene rings is 2. The van der Waals surface area contributed by atoms with Crippen molar-refractivity contribution >= 4 is 20.0 Å². The average molecular weight is 591 g/mol. The van der Waals surface area contributed by atoms with Gasteiger partial charge in [0.15, 0.2) is 0 Å². The Balaban J connectivity index is 1.54. The second-order valence-electron chi connectivity index (χ2n) is 11.0. The van der Waals surface area contributed by atoms with Crippen LogP contribution in [0.4, 0.5) is 0 Å². The molecule has 2 aromatic rings. The molecule has 0 atom stereocenters. The lowest BCUT2D eigenvalue weighted by atomic mass is 9.80. The molecule has 10 nitrogen and oxygen atoms in total. The first-order valence-corrected chi connectivity index (χ1v) is 17.2. The van der Waals surface area contributed by atoms with E-state index >= 15 is 0 Å². The van der Waals surface area contributed by atoms with Crippen LogP contribution in [0.2, 0.25) is 0 Å². The molecule has 5 rings (SSSR count). The number of hydrogen-bond acceptors (Lipinski definition) is 8. The molecule has 0 saturated carbocycles. The van der Waals surface area contributed by atoms with E-state index in [1.807, 2.05) is 0 Å². The van der Waals surface area contributed by atoms with Crippen molar-refractivity contribution in [1.82, 2.24) is 14.1 Å². The minimum Gasteiger partial charge on any atom is -0.316 e. The minimum atomic E-state index is -3.82. The zero-order valence-corrected chi connectivity index (χ0v) is 24.3. The Labute approximate surface area is 236 Å². The lowest BCUT2D eigenvalue weighted by molar-refractivity contribution is 0.139. The van der Waals surface area contributed by atoms with Gasteiger partial charge in [0, 0.05) is 26.2 Å². The maximum absolute atomic E-state index is 13.6. The molecule has 2 aliphatic heterocycles. The summed E-state index contributed by atoms with van der Waals surface area (Å²) in [6.45, 7) is 1.76. The van der Waals surface area contributed by atoms with Crippen LogP contribution in [0, 0.1) is 4.91 Å². The molecule has 2 saturated heterocycles. The summed E-state index contributed by atoms with van der Waals surface area (Å²) in [5, 5.41) is 13.5. The smallest absolute Gasteiger partial charge is 0.243 e. The van der Waals surface area contributed by atoms with Crippen LogP contribution in [-0.2, 0) is 20.0 Å². The predicted octanol–water partition coefficient (Wildman–Crippen LogP) is 4.83. The van der Waals surface area contributed by atoms with Gasteiger partial charge in [0.2, 0.25) is 20.0 Å². The number of sulfonamides is 2. The number of fused-ring (bicyclic) bond motifs is 2. The molecule has 3 aliphatic rings. The van der Waals surface area contributed by atoms with Gasteiger partial charge < -0.3 is 5.21 Å². The topological polar surface area (TPSA) is 136 Å². The van der Waals surface area contributed by atoms with E-state index in [1.165, 1.54) is 32.9 Å². The molecule has 0 bridgehead atoms. The summed E-state index contributed by atoms with van der Waals surface area (Å²) in [7, 11) is -7.63. The summed E-state index contributed by atoms with van der Waals surface area (Å²) in [4.78, 5) is 12.4. The van der Waals surface area contributed by atoms with Gasteiger partial charge in [-0.15, -0.1) is 4.91 Å². The average Bonchev–Trinajstić information content (AvgIpc) is 2.90. The molecule has 0 amide bonds. The van der Waals surface area contributed by atoms with Crippen LogP contribution >= 0.6 is 0 Å². The Kier molecular flexibility index (Phi) is 9.03. The lowest BCUT2D eigenvalue weighted by Gasteiger charge is -2.32. The summed E-state index contributed by atoms with van der Waals surface area (Å²) in [6, 6.07) is 7.23. The van der Waals surface area contributed by atoms with Crippen molar-refractivity contribution in [2.75, 3.05) is 26.2 Å². The fraction of sp³-hybridized carbons (Fsp3) is 0.571. The predicted molar refractivity (Wildman–Crippen MR) is 151 cm³/mol. The van der Waals surface area contributed by atoms with E-state index in [-0.39, 0.29) is 9.79 Å². The van der Waals surface area contributed by atoms with Crippen LogP contribution in [0.3, 0.4) is 0 Å². The molecule has 0 aromatic heterocycles. The van der Waals surface area contributed by atoms with Crippen molar-refractivity contribution in [2.24, 2.45) is 5.18 Å². The fourth-order valence-corrected chi connectivity index (χ4v) is 9.34. The van der Waals surface area contributed by atoms with Gasteiger partial charge in [0.25, 0.3) is 0 Å². The van der Waals surface area contributed by atoms with Gasteiger partial charge >= 0.3 is 0 Å². The van der Waals surface area contributed by atoms with Crippen molar-refractivity contribution in [3.63, 3.8) is 0 Å². The van der Waals surface area contributed by atoms with Crippen molar-refractivity contribution in [2.45, 2.75) is 86.1 Å². The van der Waals surface area contributed by atoms with Gasteiger partial charge in [-0.1, -0.05) is 55.8 Å². The van der Waals surface area contributed by atoms with E-state index in [1.54, 1.807) is 12.1 Å². The van der Waals surface area contributed by atoms with Gasteiger partial charge in [-0.3, -0.25) is 0 Å². The molecule has 40 heavy (non-hydrogen) atoms. The van der Waals surface area contributed by atoms with E-state index in [4.69, 9.17) is 0 Å². The number of hydroxylamine groups is 1. The van der Waals surface area contributed by atoms with Crippen molar-refractivity contribution in [3.05, 3.63) is 63.6 Å². The van der Waals surface area contributed by atoms with Crippen LogP contribution in [0.1, 0.15) is 98.5 Å². The number of nitrogens with zero attached hydrogens (tertiary/aromatic N) is 3. The summed E-state index contributed by atoms with van der Waals surface area (Å²) in [5.41, 5.74) is 3.98. The standard InChI is InChI=1S/C28H38N4O6S2/c33-29-27-23-13-11-21(39(35,36)31-15-7-3-1-4-8-16-31)19-25(23)28(30-34)26-20-22(12-14-24(26)27)40(37,38)32-17-9-5-2-6-10-18-32/h11-14,19-20,27-29,33H,1-10,15-18H2. The van der Waals surface area contributed by atoms with E-state index < -0.39 is 32.1 Å². The van der Waals surface area contributed by atoms with E-state index in [9.17, 15) is 26.9 Å². The van der Waals surface area contributed by atoms with E-state index in [2.05, 4.69) is 10.7 Å². The number of nitrogens with one attached hydrogen (secondary N) is 1. The molecule has 1 aliphatic carbocycles. The molecule has 0 spiro atoms. The zero-order valence-electron chi connectivity index (χ0n) is 22.7. The van der Waals surface area contributed by atoms with Crippen LogP contribution in [0.5, 0.6) is 0 Å². The minimum absolute atomic E-state index is 0.0602. The number of nitroso groups, excluding NO2 is 1. The Hall–Kier alpha value is -2.22. The van der Waals surface area contributed by atoms with Gasteiger partial charge in [-0.25, -0.2) is 16.8 Å². The third kappa shape index (κ3) is 5.62. The molecular formula is C28H38N4O6S2. The van der Waals surface area contributed by atoms with E-state index in [0.717, 1.165) is 64.2 Å². The highest BCUT2D eigenvalue weighted by Gasteiger charge is 2.37. The second kappa shape index (κ2) is 12.3. The van der Waals surface area contributed by atoms with Gasteiger partial charge in [-0.05, 0) is 72.2 Å². The van der Waals surface area contributed by atoms with E-state index in [0.29, 0.717) is 48.4 Å².